The number of hydrogen-bond acceptors (Lipinski definition) is 5. The summed E-state index contributed by atoms with van der Waals surface area (Å²) in [4.78, 5) is 19.6. The van der Waals surface area contributed by atoms with E-state index in [-0.39, 0.29) is 11.2 Å². The van der Waals surface area contributed by atoms with Gasteiger partial charge in [0.25, 0.3) is 0 Å². The van der Waals surface area contributed by atoms with Crippen molar-refractivity contribution in [2.24, 2.45) is 0 Å². The molecule has 0 aliphatic heterocycles. The summed E-state index contributed by atoms with van der Waals surface area (Å²) in [6, 6.07) is -0.458. The molecule has 0 spiro atoms. The first-order valence-corrected chi connectivity index (χ1v) is 4.99. The lowest BCUT2D eigenvalue weighted by Gasteiger charge is -2.05. The number of carbonyl (C=O) groups is 1. The first-order valence-electron chi connectivity index (χ1n) is 4.61. The predicted molar refractivity (Wildman–Crippen MR) is 55.3 cm³/mol. The highest BCUT2D eigenvalue weighted by Gasteiger charge is 2.19. The number of aromatic nitrogens is 6. The first-order chi connectivity index (χ1) is 7.59. The Morgan fingerprint density at radius 2 is 2.25 bits per heavy atom. The maximum Gasteiger partial charge on any atom is 0.372 e. The van der Waals surface area contributed by atoms with Gasteiger partial charge >= 0.3 is 6.03 Å². The lowest BCUT2D eigenvalue weighted by atomic mass is 10.2. The molecular weight excluding hydrogens is 232 g/mol. The Morgan fingerprint density at radius 3 is 2.81 bits per heavy atom. The molecular formula is C8H9ClN6O. The summed E-state index contributed by atoms with van der Waals surface area (Å²) in [7, 11) is 0. The van der Waals surface area contributed by atoms with Crippen LogP contribution in [-0.2, 0) is 0 Å². The van der Waals surface area contributed by atoms with E-state index in [1.54, 1.807) is 0 Å². The van der Waals surface area contributed by atoms with Gasteiger partial charge in [0.1, 0.15) is 18.5 Å². The second kappa shape index (κ2) is 4.01. The van der Waals surface area contributed by atoms with E-state index in [2.05, 4.69) is 20.2 Å². The molecule has 0 N–H and O–H groups in total. The minimum absolute atomic E-state index is 0.0347. The zero-order chi connectivity index (χ0) is 11.7. The average molecular weight is 241 g/mol. The second-order valence-corrected chi connectivity index (χ2v) is 3.77. The van der Waals surface area contributed by atoms with Crippen LogP contribution in [0.2, 0.25) is 5.28 Å². The molecule has 8 heteroatoms. The van der Waals surface area contributed by atoms with Crippen LogP contribution in [0.3, 0.4) is 0 Å². The third kappa shape index (κ3) is 1.81. The minimum atomic E-state index is -0.458. The monoisotopic (exact) mass is 240 g/mol. The number of carbonyl (C=O) groups excluding carboxylic acids is 1. The summed E-state index contributed by atoms with van der Waals surface area (Å²) in [5, 5.41) is 7.59. The third-order valence-electron chi connectivity index (χ3n) is 1.92. The SMILES string of the molecule is CC(C)c1nc(Cl)nn1C(=O)n1cncn1. The molecule has 2 heterocycles. The Hall–Kier alpha value is -1.76. The first kappa shape index (κ1) is 10.7. The molecule has 84 valence electrons. The molecule has 0 unspecified atom stereocenters. The molecule has 2 aromatic heterocycles. The van der Waals surface area contributed by atoms with Crippen LogP contribution in [0.15, 0.2) is 12.7 Å². The van der Waals surface area contributed by atoms with Gasteiger partial charge in [-0.3, -0.25) is 0 Å². The highest BCUT2D eigenvalue weighted by molar-refractivity contribution is 6.28. The van der Waals surface area contributed by atoms with Crippen LogP contribution < -0.4 is 0 Å². The van der Waals surface area contributed by atoms with Crippen LogP contribution >= 0.6 is 11.6 Å². The smallest absolute Gasteiger partial charge is 0.243 e. The van der Waals surface area contributed by atoms with E-state index in [0.717, 1.165) is 9.36 Å². The Morgan fingerprint density at radius 1 is 1.50 bits per heavy atom. The normalized spacial score (nSPS) is 11.0. The Bertz CT molecular complexity index is 503. The molecule has 0 amide bonds. The fraction of sp³-hybridized carbons (Fsp3) is 0.375. The van der Waals surface area contributed by atoms with Crippen LogP contribution in [0, 0.1) is 0 Å². The molecule has 0 aromatic carbocycles. The van der Waals surface area contributed by atoms with Crippen molar-refractivity contribution in [1.29, 1.82) is 0 Å². The number of nitrogens with zero attached hydrogens (tertiary/aromatic N) is 6. The van der Waals surface area contributed by atoms with Gasteiger partial charge in [-0.2, -0.15) is 14.5 Å². The Kier molecular flexibility index (Phi) is 2.69. The van der Waals surface area contributed by atoms with Crippen LogP contribution in [-0.4, -0.2) is 35.6 Å². The van der Waals surface area contributed by atoms with Crippen molar-refractivity contribution >= 4 is 17.6 Å². The predicted octanol–water partition coefficient (Wildman–Crippen LogP) is 1.16. The summed E-state index contributed by atoms with van der Waals surface area (Å²) >= 11 is 5.67. The van der Waals surface area contributed by atoms with E-state index in [9.17, 15) is 4.79 Å². The lowest BCUT2D eigenvalue weighted by molar-refractivity contribution is 0.237. The van der Waals surface area contributed by atoms with Gasteiger partial charge in [0, 0.05) is 5.92 Å². The van der Waals surface area contributed by atoms with Crippen LogP contribution in [0.25, 0.3) is 0 Å². The zero-order valence-corrected chi connectivity index (χ0v) is 9.46. The van der Waals surface area contributed by atoms with Crippen molar-refractivity contribution < 1.29 is 4.79 Å². The number of hydrogen-bond donors (Lipinski definition) is 0. The van der Waals surface area contributed by atoms with Gasteiger partial charge in [-0.15, -0.1) is 5.10 Å². The molecule has 2 rings (SSSR count). The van der Waals surface area contributed by atoms with Crippen LogP contribution in [0.5, 0.6) is 0 Å². The standard InChI is InChI=1S/C8H9ClN6O/c1-5(2)6-12-7(9)13-15(6)8(16)14-4-10-3-11-14/h3-5H,1-2H3. The van der Waals surface area contributed by atoms with Crippen molar-refractivity contribution in [3.8, 4) is 0 Å². The van der Waals surface area contributed by atoms with Gasteiger partial charge in [-0.05, 0) is 11.6 Å². The van der Waals surface area contributed by atoms with Gasteiger partial charge in [0.05, 0.1) is 0 Å². The summed E-state index contributed by atoms with van der Waals surface area (Å²) in [6.45, 7) is 3.79. The van der Waals surface area contributed by atoms with Crippen molar-refractivity contribution in [2.75, 3.05) is 0 Å². The van der Waals surface area contributed by atoms with Crippen molar-refractivity contribution in [3.63, 3.8) is 0 Å². The third-order valence-corrected chi connectivity index (χ3v) is 2.08. The van der Waals surface area contributed by atoms with Gasteiger partial charge in [0.15, 0.2) is 0 Å². The van der Waals surface area contributed by atoms with E-state index >= 15 is 0 Å². The molecule has 0 saturated carbocycles. The van der Waals surface area contributed by atoms with Gasteiger partial charge in [0.2, 0.25) is 5.28 Å². The Labute approximate surface area is 96.1 Å². The largest absolute Gasteiger partial charge is 0.372 e. The topological polar surface area (TPSA) is 78.5 Å². The Balaban J connectivity index is 2.44. The fourth-order valence-electron chi connectivity index (χ4n) is 1.22. The fourth-order valence-corrected chi connectivity index (χ4v) is 1.38. The summed E-state index contributed by atoms with van der Waals surface area (Å²) in [5.74, 6) is 0.526. The molecule has 0 atom stereocenters. The number of halogens is 1. The van der Waals surface area contributed by atoms with Gasteiger partial charge in [-0.1, -0.05) is 13.8 Å². The highest BCUT2D eigenvalue weighted by atomic mass is 35.5. The second-order valence-electron chi connectivity index (χ2n) is 3.43. The quantitative estimate of drug-likeness (QED) is 0.747. The van der Waals surface area contributed by atoms with Crippen molar-refractivity contribution in [1.82, 2.24) is 29.5 Å². The van der Waals surface area contributed by atoms with Gasteiger partial charge in [-0.25, -0.2) is 14.8 Å². The summed E-state index contributed by atoms with van der Waals surface area (Å²) < 4.78 is 2.19. The molecule has 0 bridgehead atoms. The lowest BCUT2D eigenvalue weighted by Crippen LogP contribution is -2.23. The number of rotatable bonds is 1. The highest BCUT2D eigenvalue weighted by Crippen LogP contribution is 2.14. The van der Waals surface area contributed by atoms with Crippen LogP contribution in [0.4, 0.5) is 4.79 Å². The molecule has 0 fully saturated rings. The minimum Gasteiger partial charge on any atom is -0.243 e. The zero-order valence-electron chi connectivity index (χ0n) is 8.70. The molecule has 0 aliphatic carbocycles. The summed E-state index contributed by atoms with van der Waals surface area (Å²) in [5.41, 5.74) is 0. The molecule has 0 radical (unpaired) electrons. The van der Waals surface area contributed by atoms with E-state index in [0.29, 0.717) is 5.82 Å². The van der Waals surface area contributed by atoms with Crippen LogP contribution in [0.1, 0.15) is 25.6 Å². The van der Waals surface area contributed by atoms with E-state index in [4.69, 9.17) is 11.6 Å². The summed E-state index contributed by atoms with van der Waals surface area (Å²) in [6.07, 6.45) is 2.56. The average Bonchev–Trinajstić information content (AvgIpc) is 2.84. The van der Waals surface area contributed by atoms with E-state index < -0.39 is 6.03 Å². The maximum atomic E-state index is 11.9. The van der Waals surface area contributed by atoms with Crippen molar-refractivity contribution in [3.05, 3.63) is 23.8 Å². The van der Waals surface area contributed by atoms with E-state index in [1.807, 2.05) is 13.8 Å². The maximum absolute atomic E-state index is 11.9. The molecule has 0 aliphatic rings. The van der Waals surface area contributed by atoms with Gasteiger partial charge < -0.3 is 0 Å². The molecule has 16 heavy (non-hydrogen) atoms. The van der Waals surface area contributed by atoms with E-state index in [1.165, 1.54) is 12.7 Å². The molecule has 0 saturated heterocycles. The van der Waals surface area contributed by atoms with Crippen molar-refractivity contribution in [2.45, 2.75) is 19.8 Å². The molecule has 7 nitrogen and oxygen atoms in total. The molecule has 2 aromatic rings.